The van der Waals surface area contributed by atoms with E-state index in [1.807, 2.05) is 6.92 Å². The maximum absolute atomic E-state index is 4.97. The van der Waals surface area contributed by atoms with Gasteiger partial charge >= 0.3 is 0 Å². The largest absolute Gasteiger partial charge is 0.479 e. The second-order valence-corrected chi connectivity index (χ2v) is 2.19. The van der Waals surface area contributed by atoms with Gasteiger partial charge in [0, 0.05) is 12.4 Å². The minimum Gasteiger partial charge on any atom is -0.479 e. The van der Waals surface area contributed by atoms with Crippen LogP contribution >= 0.6 is 0 Å². The van der Waals surface area contributed by atoms with E-state index in [1.54, 1.807) is 19.5 Å². The molecule has 0 atom stereocenters. The summed E-state index contributed by atoms with van der Waals surface area (Å²) in [7, 11) is 1.57. The van der Waals surface area contributed by atoms with Crippen LogP contribution in [-0.2, 0) is 0 Å². The van der Waals surface area contributed by atoms with E-state index in [0.717, 1.165) is 11.3 Å². The van der Waals surface area contributed by atoms with Crippen molar-refractivity contribution < 1.29 is 4.74 Å². The molecule has 11 heavy (non-hydrogen) atoms. The smallest absolute Gasteiger partial charge is 0.239 e. The van der Waals surface area contributed by atoms with Crippen molar-refractivity contribution in [2.24, 2.45) is 0 Å². The van der Waals surface area contributed by atoms with Crippen LogP contribution in [0.3, 0.4) is 0 Å². The van der Waals surface area contributed by atoms with E-state index < -0.39 is 0 Å². The first kappa shape index (κ1) is 7.72. The summed E-state index contributed by atoms with van der Waals surface area (Å²) in [6.45, 7) is 5.62. The number of ether oxygens (including phenoxy) is 1. The topological polar surface area (TPSA) is 35.0 Å². The summed E-state index contributed by atoms with van der Waals surface area (Å²) in [5.74, 6) is 0.528. The van der Waals surface area contributed by atoms with Gasteiger partial charge in [0.25, 0.3) is 0 Å². The Labute approximate surface area is 65.8 Å². The molecule has 0 aliphatic rings. The van der Waals surface area contributed by atoms with Crippen molar-refractivity contribution in [2.45, 2.75) is 6.92 Å². The standard InChI is InChI=1S/C8H10N2O/c1-6(2)7-8(11-3)10-5-4-9-7/h4-5H,1H2,2-3H3. The first-order valence-electron chi connectivity index (χ1n) is 3.26. The molecular weight excluding hydrogens is 140 g/mol. The maximum Gasteiger partial charge on any atom is 0.239 e. The molecule has 1 aromatic heterocycles. The summed E-state index contributed by atoms with van der Waals surface area (Å²) in [5.41, 5.74) is 1.57. The van der Waals surface area contributed by atoms with Gasteiger partial charge in [-0.05, 0) is 12.5 Å². The van der Waals surface area contributed by atoms with Crippen LogP contribution in [0.5, 0.6) is 5.88 Å². The van der Waals surface area contributed by atoms with Crippen LogP contribution in [-0.4, -0.2) is 17.1 Å². The average Bonchev–Trinajstić information content (AvgIpc) is 2.04. The number of hydrogen-bond donors (Lipinski definition) is 0. The van der Waals surface area contributed by atoms with E-state index in [1.165, 1.54) is 0 Å². The van der Waals surface area contributed by atoms with Gasteiger partial charge in [0.1, 0.15) is 5.69 Å². The van der Waals surface area contributed by atoms with Crippen molar-refractivity contribution in [3.05, 3.63) is 24.7 Å². The highest BCUT2D eigenvalue weighted by atomic mass is 16.5. The summed E-state index contributed by atoms with van der Waals surface area (Å²) >= 11 is 0. The van der Waals surface area contributed by atoms with E-state index in [-0.39, 0.29) is 0 Å². The molecule has 1 aromatic rings. The molecule has 0 fully saturated rings. The van der Waals surface area contributed by atoms with Gasteiger partial charge in [-0.25, -0.2) is 9.97 Å². The van der Waals surface area contributed by atoms with Gasteiger partial charge in [0.2, 0.25) is 5.88 Å². The SMILES string of the molecule is C=C(C)c1nccnc1OC. The Bertz CT molecular complexity index is 271. The molecule has 0 aromatic carbocycles. The molecule has 0 aliphatic heterocycles. The zero-order valence-corrected chi connectivity index (χ0v) is 6.66. The molecule has 0 N–H and O–H groups in total. The molecule has 0 radical (unpaired) electrons. The van der Waals surface area contributed by atoms with E-state index in [0.29, 0.717) is 5.88 Å². The number of methoxy groups -OCH3 is 1. The van der Waals surface area contributed by atoms with E-state index in [9.17, 15) is 0 Å². The molecule has 0 unspecified atom stereocenters. The fraction of sp³-hybridized carbons (Fsp3) is 0.250. The lowest BCUT2D eigenvalue weighted by Gasteiger charge is -2.03. The third-order valence-corrected chi connectivity index (χ3v) is 1.26. The lowest BCUT2D eigenvalue weighted by molar-refractivity contribution is 0.394. The predicted octanol–water partition coefficient (Wildman–Crippen LogP) is 1.52. The van der Waals surface area contributed by atoms with Crippen LogP contribution in [0.1, 0.15) is 12.6 Å². The minimum absolute atomic E-state index is 0.528. The summed E-state index contributed by atoms with van der Waals surface area (Å²) in [5, 5.41) is 0. The molecule has 0 saturated carbocycles. The molecule has 1 heterocycles. The lowest BCUT2D eigenvalue weighted by Crippen LogP contribution is -1.94. The van der Waals surface area contributed by atoms with Crippen LogP contribution in [0.4, 0.5) is 0 Å². The van der Waals surface area contributed by atoms with E-state index >= 15 is 0 Å². The molecule has 0 saturated heterocycles. The highest BCUT2D eigenvalue weighted by molar-refractivity contribution is 5.61. The Balaban J connectivity index is 3.12. The van der Waals surface area contributed by atoms with Gasteiger partial charge in [-0.15, -0.1) is 0 Å². The first-order valence-corrected chi connectivity index (χ1v) is 3.26. The van der Waals surface area contributed by atoms with Crippen LogP contribution in [0.15, 0.2) is 19.0 Å². The van der Waals surface area contributed by atoms with E-state index in [2.05, 4.69) is 16.5 Å². The molecule has 3 nitrogen and oxygen atoms in total. The third-order valence-electron chi connectivity index (χ3n) is 1.26. The molecule has 0 aliphatic carbocycles. The number of aromatic nitrogens is 2. The van der Waals surface area contributed by atoms with Gasteiger partial charge in [0.15, 0.2) is 0 Å². The van der Waals surface area contributed by atoms with Crippen LogP contribution in [0.25, 0.3) is 5.57 Å². The van der Waals surface area contributed by atoms with Crippen molar-refractivity contribution in [3.8, 4) is 5.88 Å². The number of nitrogens with zero attached hydrogens (tertiary/aromatic N) is 2. The first-order chi connectivity index (χ1) is 5.25. The predicted molar refractivity (Wildman–Crippen MR) is 43.3 cm³/mol. The van der Waals surface area contributed by atoms with Gasteiger partial charge < -0.3 is 4.74 Å². The van der Waals surface area contributed by atoms with Gasteiger partial charge in [0.05, 0.1) is 7.11 Å². The number of allylic oxidation sites excluding steroid dienone is 1. The Morgan fingerprint density at radius 3 is 2.55 bits per heavy atom. The Hall–Kier alpha value is -1.38. The quantitative estimate of drug-likeness (QED) is 0.641. The summed E-state index contributed by atoms with van der Waals surface area (Å²) in [6, 6.07) is 0. The van der Waals surface area contributed by atoms with Crippen LogP contribution in [0, 0.1) is 0 Å². The molecule has 0 spiro atoms. The normalized spacial score (nSPS) is 9.27. The highest BCUT2D eigenvalue weighted by Gasteiger charge is 2.03. The van der Waals surface area contributed by atoms with Gasteiger partial charge in [-0.1, -0.05) is 6.58 Å². The van der Waals surface area contributed by atoms with Gasteiger partial charge in [-0.2, -0.15) is 0 Å². The molecule has 1 rings (SSSR count). The maximum atomic E-state index is 4.97. The molecule has 0 amide bonds. The average molecular weight is 150 g/mol. The Morgan fingerprint density at radius 2 is 2.09 bits per heavy atom. The summed E-state index contributed by atoms with van der Waals surface area (Å²) in [4.78, 5) is 8.03. The molecular formula is C8H10N2O. The van der Waals surface area contributed by atoms with Crippen molar-refractivity contribution >= 4 is 5.57 Å². The summed E-state index contributed by atoms with van der Waals surface area (Å²) < 4.78 is 4.97. The molecule has 3 heteroatoms. The van der Waals surface area contributed by atoms with Crippen LogP contribution < -0.4 is 4.74 Å². The monoisotopic (exact) mass is 150 g/mol. The van der Waals surface area contributed by atoms with Crippen LogP contribution in [0.2, 0.25) is 0 Å². The Morgan fingerprint density at radius 1 is 1.45 bits per heavy atom. The second-order valence-electron chi connectivity index (χ2n) is 2.19. The van der Waals surface area contributed by atoms with Crippen molar-refractivity contribution in [1.82, 2.24) is 9.97 Å². The number of hydrogen-bond acceptors (Lipinski definition) is 3. The fourth-order valence-corrected chi connectivity index (χ4v) is 0.767. The summed E-state index contributed by atoms with van der Waals surface area (Å²) in [6.07, 6.45) is 3.21. The zero-order valence-electron chi connectivity index (χ0n) is 6.66. The second kappa shape index (κ2) is 3.14. The zero-order chi connectivity index (χ0) is 8.27. The number of rotatable bonds is 2. The molecule has 58 valence electrons. The molecule has 0 bridgehead atoms. The van der Waals surface area contributed by atoms with E-state index in [4.69, 9.17) is 4.74 Å². The Kier molecular flexibility index (Phi) is 2.21. The highest BCUT2D eigenvalue weighted by Crippen LogP contribution is 2.17. The van der Waals surface area contributed by atoms with Crippen molar-refractivity contribution in [1.29, 1.82) is 0 Å². The lowest BCUT2D eigenvalue weighted by atomic mass is 10.2. The fourth-order valence-electron chi connectivity index (χ4n) is 0.767. The van der Waals surface area contributed by atoms with Crippen molar-refractivity contribution in [2.75, 3.05) is 7.11 Å². The van der Waals surface area contributed by atoms with Gasteiger partial charge in [-0.3, -0.25) is 0 Å². The third kappa shape index (κ3) is 1.55. The minimum atomic E-state index is 0.528. The van der Waals surface area contributed by atoms with Crippen molar-refractivity contribution in [3.63, 3.8) is 0 Å².